The zero-order valence-electron chi connectivity index (χ0n) is 50.6. The van der Waals surface area contributed by atoms with Crippen LogP contribution in [0.5, 0.6) is 0 Å². The average Bonchev–Trinajstić information content (AvgIpc) is 3.73. The molecule has 0 fully saturated rings. The second-order valence-electron chi connectivity index (χ2n) is 23.3. The molecule has 0 saturated heterocycles. The number of allylic oxidation sites excluding steroid dienone is 2. The van der Waals surface area contributed by atoms with Gasteiger partial charge in [0.1, 0.15) is 7.85 Å². The average molecular weight is 906 g/mol. The molecule has 1 aromatic heterocycles. The topological polar surface area (TPSA) is 17.8 Å². The van der Waals surface area contributed by atoms with Crippen LogP contribution in [0.4, 0.5) is 0 Å². The summed E-state index contributed by atoms with van der Waals surface area (Å²) < 4.78 is 2.58. The molecule has 324 valence electrons. The quantitative estimate of drug-likeness (QED) is 0.157. The first-order valence-corrected chi connectivity index (χ1v) is 27.0. The minimum absolute atomic E-state index is 1.03. The Balaban J connectivity index is 1.66. The van der Waals surface area contributed by atoms with Gasteiger partial charge in [-0.1, -0.05) is 0 Å². The van der Waals surface area contributed by atoms with Crippen LogP contribution in [-0.4, -0.2) is 229 Å². The van der Waals surface area contributed by atoms with Gasteiger partial charge in [0.25, 0.3) is 0 Å². The summed E-state index contributed by atoms with van der Waals surface area (Å²) in [4.78, 5) is 5.78. The van der Waals surface area contributed by atoms with E-state index in [1.807, 2.05) is 0 Å². The predicted molar refractivity (Wildman–Crippen MR) is 416 cm³/mol. The van der Waals surface area contributed by atoms with Crippen molar-refractivity contribution in [3.63, 3.8) is 0 Å². The summed E-state index contributed by atoms with van der Waals surface area (Å²) in [6, 6.07) is 0. The van der Waals surface area contributed by atoms with Crippen molar-refractivity contribution in [3.05, 3.63) is 21.3 Å². The number of hydrogen-bond acceptors (Lipinski definition) is 1. The number of hydrogen-bond donors (Lipinski definition) is 0. The Morgan fingerprint density at radius 2 is 0.671 bits per heavy atom. The van der Waals surface area contributed by atoms with Gasteiger partial charge in [-0.3, -0.25) is 0 Å². The summed E-state index contributed by atoms with van der Waals surface area (Å²) >= 11 is 0. The van der Waals surface area contributed by atoms with Crippen molar-refractivity contribution >= 4 is 388 Å². The van der Waals surface area contributed by atoms with Gasteiger partial charge in [-0.15, -0.1) is 0 Å². The predicted octanol–water partition coefficient (Wildman–Crippen LogP) is -35.1. The summed E-state index contributed by atoms with van der Waals surface area (Å²) in [6.45, 7) is 2.27. The number of rotatable bonds is 5. The Labute approximate surface area is 462 Å². The van der Waals surface area contributed by atoms with Crippen LogP contribution >= 0.6 is 0 Å². The van der Waals surface area contributed by atoms with E-state index in [2.05, 4.69) is 223 Å². The zero-order chi connectivity index (χ0) is 54.5. The monoisotopic (exact) mass is 911 g/mol. The molecule has 0 radical (unpaired) electrons. The Kier molecular flexibility index (Phi) is 14.5. The van der Waals surface area contributed by atoms with Gasteiger partial charge < -0.3 is 0 Å². The van der Waals surface area contributed by atoms with E-state index in [4.69, 9.17) is 12.5 Å². The van der Waals surface area contributed by atoms with E-state index in [1.165, 1.54) is 213 Å². The molecular weight excluding hydrogens is 847 g/mol. The molecular formula is C43H58B28N2. The molecule has 30 heteroatoms. The van der Waals surface area contributed by atoms with Crippen LogP contribution in [0.2, 0.25) is 0 Å². The second kappa shape index (κ2) is 19.2. The molecule has 7 aromatic carbocycles. The fourth-order valence-electron chi connectivity index (χ4n) is 13.6. The van der Waals surface area contributed by atoms with Crippen LogP contribution in [0.15, 0.2) is 10.9 Å². The molecule has 0 N–H and O–H groups in total. The van der Waals surface area contributed by atoms with Gasteiger partial charge in [0.2, 0.25) is 0 Å². The van der Waals surface area contributed by atoms with E-state index in [0.717, 1.165) is 16.4 Å². The summed E-state index contributed by atoms with van der Waals surface area (Å²) in [7, 11) is 68.4. The first-order valence-electron chi connectivity index (χ1n) is 27.0. The van der Waals surface area contributed by atoms with Gasteiger partial charge in [0, 0.05) is 0 Å². The van der Waals surface area contributed by atoms with Crippen LogP contribution in [-0.2, 0) is 0 Å². The normalized spacial score (nSPS) is 12.5. The van der Waals surface area contributed by atoms with Gasteiger partial charge in [-0.05, 0) is 0 Å². The number of nitrogens with zero attached hydrogens (tertiary/aromatic N) is 2. The summed E-state index contributed by atoms with van der Waals surface area (Å²) in [6.07, 6.45) is 0. The second-order valence-corrected chi connectivity index (χ2v) is 23.3. The van der Waals surface area contributed by atoms with E-state index in [-0.39, 0.29) is 0 Å². The van der Waals surface area contributed by atoms with Crippen molar-refractivity contribution in [2.45, 2.75) is 6.92 Å². The number of aromatic nitrogens is 2. The molecule has 0 aliphatic heterocycles. The first kappa shape index (κ1) is 55.2. The van der Waals surface area contributed by atoms with Gasteiger partial charge in [0.05, 0.1) is 0 Å². The molecule has 8 aromatic rings. The Hall–Kier alpha value is -4.04. The molecule has 0 bridgehead atoms. The molecule has 2 nitrogen and oxygen atoms in total. The van der Waals surface area contributed by atoms with Gasteiger partial charge in [-0.25, -0.2) is 0 Å². The first-order chi connectivity index (χ1) is 33.9. The summed E-state index contributed by atoms with van der Waals surface area (Å²) in [5.41, 5.74) is 46.1. The van der Waals surface area contributed by atoms with Gasteiger partial charge in [0.15, 0.2) is 0 Å². The van der Waals surface area contributed by atoms with Crippen LogP contribution in [0, 0.1) is 5.11 Å². The molecule has 8 rings (SSSR count). The Bertz CT molecular complexity index is 4020. The van der Waals surface area contributed by atoms with Crippen LogP contribution in [0.3, 0.4) is 0 Å². The van der Waals surface area contributed by atoms with Crippen molar-refractivity contribution in [3.8, 4) is 39.3 Å². The summed E-state index contributed by atoms with van der Waals surface area (Å²) in [5, 5.41) is 7.88. The maximum absolute atomic E-state index is 5.78. The molecule has 73 heavy (non-hydrogen) atoms. The molecule has 0 saturated carbocycles. The summed E-state index contributed by atoms with van der Waals surface area (Å²) in [5.74, 6) is 1.03. The van der Waals surface area contributed by atoms with Crippen molar-refractivity contribution < 1.29 is 0 Å². The third kappa shape index (κ3) is 7.70. The van der Waals surface area contributed by atoms with Crippen molar-refractivity contribution in [2.24, 2.45) is 0 Å². The third-order valence-corrected chi connectivity index (χ3v) is 20.3. The van der Waals surface area contributed by atoms with E-state index in [0.29, 0.717) is 0 Å². The van der Waals surface area contributed by atoms with Crippen molar-refractivity contribution in [2.75, 3.05) is 0 Å². The third-order valence-electron chi connectivity index (χ3n) is 20.3. The number of fused-ring (bicyclic) bond motifs is 3. The van der Waals surface area contributed by atoms with Crippen molar-refractivity contribution in [1.82, 2.24) is 9.55 Å². The molecule has 0 spiro atoms. The van der Waals surface area contributed by atoms with E-state index in [9.17, 15) is 0 Å². The molecule has 0 amide bonds. The molecule has 1 heterocycles. The van der Waals surface area contributed by atoms with Gasteiger partial charge in [-0.2, -0.15) is 0 Å². The van der Waals surface area contributed by atoms with E-state index >= 15 is 0 Å². The van der Waals surface area contributed by atoms with Crippen LogP contribution in [0.25, 0.3) is 77.4 Å². The van der Waals surface area contributed by atoms with E-state index in [1.54, 1.807) is 0 Å². The fraction of sp³-hybridized carbons (Fsp3) is 0.0233. The van der Waals surface area contributed by atoms with E-state index < -0.39 is 0 Å². The van der Waals surface area contributed by atoms with Crippen LogP contribution < -0.4 is 136 Å². The Morgan fingerprint density at radius 3 is 1.14 bits per heavy atom. The Morgan fingerprint density at radius 1 is 0.342 bits per heavy atom. The molecule has 0 unspecified atom stereocenters. The fourth-order valence-corrected chi connectivity index (χ4v) is 13.6. The molecule has 0 aliphatic carbocycles. The van der Waals surface area contributed by atoms with Crippen molar-refractivity contribution in [1.29, 1.82) is 0 Å². The number of benzene rings is 7. The molecule has 0 atom stereocenters. The zero-order valence-corrected chi connectivity index (χ0v) is 50.6. The SMILES string of the molecule is B=c1c(-c2c(B)c(B)c(-n3c(-c4c(B)c(B)c(B)c(B)c4B)nc4c(B)c(B)c(B)c(B)c43)c(B)c2B)c2c(B)c(B)c(B)c(B)c2c(-c2c(B)c(B)c3c(B)c(B)c(B)c(B)c3c2B)/c1=C(B)/C(B)=C(/B)C. The van der Waals surface area contributed by atoms with Crippen LogP contribution in [0.1, 0.15) is 6.92 Å². The standard InChI is InChI=1S/C43H58B28N2/c1-2(44)13(45)18(50)7-3(8-15(47)10-11(20(52)19(8)51)22(54)30(62)29(61)21(10)53)4-5(17(49)28(60)27(59)16(4)48)6(14(7)46)9-23(55)37(69)41(38(70)24(9)56)73-42-39(71)35(67)34(66)36(68)40(42)72-43(73)12-25(57)31(63)33(65)32(64)26(12)58/h46H,44-45,47-71H2,1H3/b13-2-,18-7+. The maximum atomic E-state index is 5.78. The number of imidazole rings is 1. The minimum atomic E-state index is 1.03. The molecule has 0 aliphatic rings. The van der Waals surface area contributed by atoms with Gasteiger partial charge >= 0.3 is 458 Å².